The van der Waals surface area contributed by atoms with Crippen molar-refractivity contribution in [3.63, 3.8) is 0 Å². The lowest BCUT2D eigenvalue weighted by Crippen LogP contribution is -2.49. The predicted octanol–water partition coefficient (Wildman–Crippen LogP) is 3.84. The van der Waals surface area contributed by atoms with Gasteiger partial charge in [0, 0.05) is 30.6 Å². The van der Waals surface area contributed by atoms with Gasteiger partial charge in [0.1, 0.15) is 5.76 Å². The Hall–Kier alpha value is -1.08. The number of aryl methyl sites for hydroxylation is 1. The highest BCUT2D eigenvalue weighted by molar-refractivity contribution is 7.13. The molecule has 2 aliphatic rings. The highest BCUT2D eigenvalue weighted by atomic mass is 35.5. The van der Waals surface area contributed by atoms with Crippen molar-refractivity contribution < 1.29 is 9.21 Å². The molecule has 2 saturated heterocycles. The zero-order valence-electron chi connectivity index (χ0n) is 14.9. The van der Waals surface area contributed by atoms with Crippen LogP contribution in [0.25, 0.3) is 10.8 Å². The largest absolute Gasteiger partial charge is 0.459 e. The second-order valence-electron chi connectivity index (χ2n) is 7.00. The van der Waals surface area contributed by atoms with E-state index in [0.717, 1.165) is 35.1 Å². The third-order valence-electron chi connectivity index (χ3n) is 5.22. The van der Waals surface area contributed by atoms with Crippen LogP contribution in [0.1, 0.15) is 37.1 Å². The number of nitrogens with zero attached hydrogens (tertiary/aromatic N) is 2. The summed E-state index contributed by atoms with van der Waals surface area (Å²) in [7, 11) is 1.95. The standard InChI is InChI=1S/C18H23N3O2S.2ClH/c1-11-3-6-16(23-11)18-20-14(10-24-18)9-17(22)21(2)15-7-12-4-5-13(8-15)19-12;;/h3,6,10,12-13,15,19H,4-5,7-9H2,1-2H3;2*1H. The number of carbonyl (C=O) groups excluding carboxylic acids is 1. The summed E-state index contributed by atoms with van der Waals surface area (Å²) in [4.78, 5) is 19.2. The Bertz CT molecular complexity index is 736. The lowest BCUT2D eigenvalue weighted by Gasteiger charge is -2.35. The lowest BCUT2D eigenvalue weighted by atomic mass is 9.98. The summed E-state index contributed by atoms with van der Waals surface area (Å²) < 4.78 is 5.61. The molecule has 0 saturated carbocycles. The number of hydrogen-bond donors (Lipinski definition) is 1. The highest BCUT2D eigenvalue weighted by Crippen LogP contribution is 2.30. The molecule has 2 bridgehead atoms. The van der Waals surface area contributed by atoms with Gasteiger partial charge in [0.05, 0.1) is 12.1 Å². The highest BCUT2D eigenvalue weighted by Gasteiger charge is 2.36. The van der Waals surface area contributed by atoms with Crippen LogP contribution in [0.15, 0.2) is 21.9 Å². The van der Waals surface area contributed by atoms with E-state index in [-0.39, 0.29) is 30.7 Å². The van der Waals surface area contributed by atoms with Crippen molar-refractivity contribution in [2.45, 2.75) is 57.2 Å². The molecule has 26 heavy (non-hydrogen) atoms. The number of piperidine rings is 1. The van der Waals surface area contributed by atoms with E-state index in [2.05, 4.69) is 10.3 Å². The van der Waals surface area contributed by atoms with Crippen LogP contribution in [0.4, 0.5) is 0 Å². The summed E-state index contributed by atoms with van der Waals surface area (Å²) in [6.07, 6.45) is 5.02. The number of furan rings is 1. The summed E-state index contributed by atoms with van der Waals surface area (Å²) in [5.41, 5.74) is 0.831. The first-order chi connectivity index (χ1) is 11.6. The molecule has 5 nitrogen and oxygen atoms in total. The number of halogens is 2. The van der Waals surface area contributed by atoms with Crippen molar-refractivity contribution in [3.8, 4) is 10.8 Å². The summed E-state index contributed by atoms with van der Waals surface area (Å²) in [5.74, 6) is 1.81. The normalized spacial score (nSPS) is 23.8. The van der Waals surface area contributed by atoms with Gasteiger partial charge in [0.2, 0.25) is 5.91 Å². The van der Waals surface area contributed by atoms with Gasteiger partial charge in [-0.2, -0.15) is 0 Å². The Labute approximate surface area is 170 Å². The summed E-state index contributed by atoms with van der Waals surface area (Å²) >= 11 is 1.53. The molecule has 0 aliphatic carbocycles. The quantitative estimate of drug-likeness (QED) is 0.820. The molecule has 8 heteroatoms. The van der Waals surface area contributed by atoms with Gasteiger partial charge < -0.3 is 14.6 Å². The van der Waals surface area contributed by atoms with Gasteiger partial charge in [-0.1, -0.05) is 0 Å². The molecule has 2 atom stereocenters. The average molecular weight is 418 g/mol. The summed E-state index contributed by atoms with van der Waals surface area (Å²) in [5, 5.41) is 6.43. The zero-order valence-corrected chi connectivity index (χ0v) is 17.4. The smallest absolute Gasteiger partial charge is 0.228 e. The van der Waals surface area contributed by atoms with Crippen LogP contribution in [-0.4, -0.2) is 41.0 Å². The third kappa shape index (κ3) is 4.42. The Balaban J connectivity index is 0.00000121. The molecule has 144 valence electrons. The van der Waals surface area contributed by atoms with Crippen molar-refractivity contribution in [2.75, 3.05) is 7.05 Å². The SMILES string of the molecule is Cc1ccc(-c2nc(CC(=O)N(C)C3CC4CCC(C3)N4)cs2)o1.Cl.Cl. The monoisotopic (exact) mass is 417 g/mol. The fourth-order valence-corrected chi connectivity index (χ4v) is 4.66. The van der Waals surface area contributed by atoms with Crippen LogP contribution in [-0.2, 0) is 11.2 Å². The molecule has 2 aliphatic heterocycles. The van der Waals surface area contributed by atoms with Crippen molar-refractivity contribution in [2.24, 2.45) is 0 Å². The molecule has 4 rings (SSSR count). The van der Waals surface area contributed by atoms with Crippen molar-refractivity contribution in [1.82, 2.24) is 15.2 Å². The van der Waals surface area contributed by atoms with Crippen LogP contribution in [0, 0.1) is 6.92 Å². The minimum atomic E-state index is 0. The first-order valence-electron chi connectivity index (χ1n) is 8.61. The van der Waals surface area contributed by atoms with Crippen LogP contribution in [0.3, 0.4) is 0 Å². The minimum absolute atomic E-state index is 0. The molecule has 1 amide bonds. The van der Waals surface area contributed by atoms with Gasteiger partial charge in [0.15, 0.2) is 10.8 Å². The maximum Gasteiger partial charge on any atom is 0.228 e. The van der Waals surface area contributed by atoms with Crippen LogP contribution in [0.2, 0.25) is 0 Å². The van der Waals surface area contributed by atoms with Gasteiger partial charge in [-0.3, -0.25) is 4.79 Å². The fraction of sp³-hybridized carbons (Fsp3) is 0.556. The third-order valence-corrected chi connectivity index (χ3v) is 6.13. The number of carbonyl (C=O) groups is 1. The Morgan fingerprint density at radius 2 is 2.00 bits per heavy atom. The van der Waals surface area contributed by atoms with Gasteiger partial charge in [0.25, 0.3) is 0 Å². The van der Waals surface area contributed by atoms with Gasteiger partial charge >= 0.3 is 0 Å². The van der Waals surface area contributed by atoms with E-state index >= 15 is 0 Å². The van der Waals surface area contributed by atoms with Crippen LogP contribution < -0.4 is 5.32 Å². The second kappa shape index (κ2) is 8.74. The number of nitrogens with one attached hydrogen (secondary N) is 1. The number of amides is 1. The summed E-state index contributed by atoms with van der Waals surface area (Å²) in [6, 6.07) is 5.41. The average Bonchev–Trinajstić information content (AvgIpc) is 3.27. The maximum atomic E-state index is 12.6. The number of fused-ring (bicyclic) bond motifs is 2. The molecule has 0 aromatic carbocycles. The lowest BCUT2D eigenvalue weighted by molar-refractivity contribution is -0.132. The first kappa shape index (κ1) is 21.2. The van der Waals surface area contributed by atoms with Crippen molar-refractivity contribution >= 4 is 42.1 Å². The Morgan fingerprint density at radius 1 is 1.31 bits per heavy atom. The maximum absolute atomic E-state index is 12.6. The topological polar surface area (TPSA) is 58.4 Å². The minimum Gasteiger partial charge on any atom is -0.459 e. The number of hydrogen-bond acceptors (Lipinski definition) is 5. The molecule has 1 N–H and O–H groups in total. The molecular formula is C18H25Cl2N3O2S. The summed E-state index contributed by atoms with van der Waals surface area (Å²) in [6.45, 7) is 1.92. The van der Waals surface area contributed by atoms with E-state index in [9.17, 15) is 4.79 Å². The van der Waals surface area contributed by atoms with Crippen molar-refractivity contribution in [3.05, 3.63) is 29.0 Å². The number of thiazole rings is 1. The molecule has 0 radical (unpaired) electrons. The molecule has 4 heterocycles. The zero-order chi connectivity index (χ0) is 16.7. The van der Waals surface area contributed by atoms with E-state index in [4.69, 9.17) is 4.42 Å². The van der Waals surface area contributed by atoms with Gasteiger partial charge in [-0.15, -0.1) is 36.2 Å². The molecular weight excluding hydrogens is 393 g/mol. The molecule has 2 aromatic rings. The van der Waals surface area contributed by atoms with Crippen molar-refractivity contribution in [1.29, 1.82) is 0 Å². The molecule has 2 unspecified atom stereocenters. The molecule has 2 aromatic heterocycles. The first-order valence-corrected chi connectivity index (χ1v) is 9.49. The van der Waals surface area contributed by atoms with E-state index in [0.29, 0.717) is 24.5 Å². The predicted molar refractivity (Wildman–Crippen MR) is 108 cm³/mol. The number of rotatable bonds is 4. The number of aromatic nitrogens is 1. The Kier molecular flexibility index (Phi) is 7.13. The molecule has 0 spiro atoms. The number of likely N-dealkylation sites (N-methyl/N-ethyl adjacent to an activating group) is 1. The van der Waals surface area contributed by atoms with Crippen LogP contribution in [0.5, 0.6) is 0 Å². The van der Waals surface area contributed by atoms with E-state index < -0.39 is 0 Å². The molecule has 2 fully saturated rings. The van der Waals surface area contributed by atoms with E-state index in [1.807, 2.05) is 36.4 Å². The fourth-order valence-electron chi connectivity index (χ4n) is 3.88. The van der Waals surface area contributed by atoms with Gasteiger partial charge in [-0.05, 0) is 44.7 Å². The Morgan fingerprint density at radius 3 is 2.62 bits per heavy atom. The van der Waals surface area contributed by atoms with E-state index in [1.165, 1.54) is 24.2 Å². The van der Waals surface area contributed by atoms with E-state index in [1.54, 1.807) is 0 Å². The second-order valence-corrected chi connectivity index (χ2v) is 7.86. The van der Waals surface area contributed by atoms with Gasteiger partial charge in [-0.25, -0.2) is 4.98 Å². The van der Waals surface area contributed by atoms with Crippen LogP contribution >= 0.6 is 36.2 Å².